The van der Waals surface area contributed by atoms with Crippen molar-refractivity contribution in [1.82, 2.24) is 14.7 Å². The van der Waals surface area contributed by atoms with Crippen molar-refractivity contribution in [2.24, 2.45) is 13.0 Å². The number of rotatable bonds is 4. The summed E-state index contributed by atoms with van der Waals surface area (Å²) >= 11 is 0. The topological polar surface area (TPSA) is 53.1 Å². The Morgan fingerprint density at radius 3 is 3.14 bits per heavy atom. The third kappa shape index (κ3) is 2.52. The number of para-hydroxylation sites is 1. The molecule has 5 nitrogen and oxygen atoms in total. The zero-order chi connectivity index (χ0) is 14.9. The second-order valence-electron chi connectivity index (χ2n) is 6.00. The van der Waals surface area contributed by atoms with Gasteiger partial charge in [0.05, 0.1) is 5.52 Å². The maximum Gasteiger partial charge on any atom is 0.227 e. The van der Waals surface area contributed by atoms with E-state index in [4.69, 9.17) is 9.26 Å². The Bertz CT molecular complexity index is 784. The summed E-state index contributed by atoms with van der Waals surface area (Å²) in [5.74, 6) is 2.00. The molecule has 1 fully saturated rings. The van der Waals surface area contributed by atoms with E-state index < -0.39 is 0 Å². The molecule has 2 aromatic heterocycles. The van der Waals surface area contributed by atoms with E-state index in [-0.39, 0.29) is 0 Å². The summed E-state index contributed by atoms with van der Waals surface area (Å²) in [6, 6.07) is 8.46. The second kappa shape index (κ2) is 5.57. The molecular formula is C17H19N3O2. The highest BCUT2D eigenvalue weighted by Crippen LogP contribution is 2.22. The number of benzene rings is 1. The van der Waals surface area contributed by atoms with Gasteiger partial charge in [0, 0.05) is 39.3 Å². The predicted octanol–water partition coefficient (Wildman–Crippen LogP) is 2.73. The van der Waals surface area contributed by atoms with Crippen molar-refractivity contribution in [2.75, 3.05) is 13.2 Å². The molecule has 1 aliphatic heterocycles. The molecule has 1 aliphatic rings. The van der Waals surface area contributed by atoms with Gasteiger partial charge in [0.15, 0.2) is 5.82 Å². The molecule has 22 heavy (non-hydrogen) atoms. The molecule has 4 rings (SSSR count). The van der Waals surface area contributed by atoms with E-state index in [0.29, 0.717) is 12.3 Å². The minimum Gasteiger partial charge on any atom is -0.381 e. The number of aryl methyl sites for hydroxylation is 1. The second-order valence-corrected chi connectivity index (χ2v) is 6.00. The molecule has 3 aromatic rings. The van der Waals surface area contributed by atoms with Crippen LogP contribution in [0.3, 0.4) is 0 Å². The lowest BCUT2D eigenvalue weighted by Crippen LogP contribution is -2.04. The van der Waals surface area contributed by atoms with Crippen molar-refractivity contribution < 1.29 is 9.26 Å². The van der Waals surface area contributed by atoms with Crippen molar-refractivity contribution >= 4 is 10.9 Å². The fourth-order valence-electron chi connectivity index (χ4n) is 3.19. The first kappa shape index (κ1) is 13.5. The first-order valence-electron chi connectivity index (χ1n) is 7.72. The Morgan fingerprint density at radius 1 is 1.32 bits per heavy atom. The van der Waals surface area contributed by atoms with Crippen LogP contribution in [0, 0.1) is 5.92 Å². The number of nitrogens with zero attached hydrogens (tertiary/aromatic N) is 3. The van der Waals surface area contributed by atoms with Crippen molar-refractivity contribution in [3.8, 4) is 0 Å². The maximum atomic E-state index is 5.40. The van der Waals surface area contributed by atoms with Gasteiger partial charge in [0.1, 0.15) is 0 Å². The molecule has 0 saturated carbocycles. The molecule has 0 amide bonds. The van der Waals surface area contributed by atoms with Gasteiger partial charge in [-0.05, 0) is 29.4 Å². The molecule has 0 radical (unpaired) electrons. The summed E-state index contributed by atoms with van der Waals surface area (Å²) < 4.78 is 12.9. The molecule has 3 heterocycles. The van der Waals surface area contributed by atoms with Crippen LogP contribution < -0.4 is 0 Å². The van der Waals surface area contributed by atoms with Crippen LogP contribution in [0.5, 0.6) is 0 Å². The van der Waals surface area contributed by atoms with Crippen molar-refractivity contribution in [1.29, 1.82) is 0 Å². The van der Waals surface area contributed by atoms with Gasteiger partial charge in [0.25, 0.3) is 0 Å². The molecule has 0 unspecified atom stereocenters. The summed E-state index contributed by atoms with van der Waals surface area (Å²) in [5, 5.41) is 5.38. The number of hydrogen-bond donors (Lipinski definition) is 0. The smallest absolute Gasteiger partial charge is 0.227 e. The number of fused-ring (bicyclic) bond motifs is 1. The molecule has 5 heteroatoms. The molecule has 0 spiro atoms. The summed E-state index contributed by atoms with van der Waals surface area (Å²) in [6.45, 7) is 1.65. The lowest BCUT2D eigenvalue weighted by atomic mass is 10.1. The Balaban J connectivity index is 1.55. The predicted molar refractivity (Wildman–Crippen MR) is 82.7 cm³/mol. The molecule has 0 N–H and O–H groups in total. The minimum atomic E-state index is 0.518. The molecular weight excluding hydrogens is 278 g/mol. The van der Waals surface area contributed by atoms with Crippen LogP contribution in [0.2, 0.25) is 0 Å². The van der Waals surface area contributed by atoms with Crippen molar-refractivity contribution in [3.63, 3.8) is 0 Å². The Hall–Kier alpha value is -2.14. The minimum absolute atomic E-state index is 0.518. The van der Waals surface area contributed by atoms with Gasteiger partial charge in [-0.2, -0.15) is 4.98 Å². The van der Waals surface area contributed by atoms with E-state index in [9.17, 15) is 0 Å². The average molecular weight is 297 g/mol. The largest absolute Gasteiger partial charge is 0.381 e. The van der Waals surface area contributed by atoms with Gasteiger partial charge in [-0.15, -0.1) is 0 Å². The van der Waals surface area contributed by atoms with Gasteiger partial charge < -0.3 is 13.8 Å². The SMILES string of the molecule is Cn1ccc2cccc(Cc3noc(C[C@H]4CCOC4)n3)c21. The zero-order valence-corrected chi connectivity index (χ0v) is 12.7. The normalized spacial score (nSPS) is 18.3. The number of aromatic nitrogens is 3. The number of hydrogen-bond acceptors (Lipinski definition) is 4. The van der Waals surface area contributed by atoms with Crippen LogP contribution in [0.25, 0.3) is 10.9 Å². The summed E-state index contributed by atoms with van der Waals surface area (Å²) in [7, 11) is 2.06. The first-order chi connectivity index (χ1) is 10.8. The molecule has 1 atom stereocenters. The fourth-order valence-corrected chi connectivity index (χ4v) is 3.19. The van der Waals surface area contributed by atoms with Crippen LogP contribution in [-0.4, -0.2) is 27.9 Å². The first-order valence-corrected chi connectivity index (χ1v) is 7.72. The van der Waals surface area contributed by atoms with E-state index in [1.165, 1.54) is 16.5 Å². The molecule has 1 aromatic carbocycles. The van der Waals surface area contributed by atoms with Crippen molar-refractivity contribution in [2.45, 2.75) is 19.3 Å². The van der Waals surface area contributed by atoms with Crippen LogP contribution in [0.4, 0.5) is 0 Å². The van der Waals surface area contributed by atoms with Crippen LogP contribution in [0.15, 0.2) is 35.0 Å². The summed E-state index contributed by atoms with van der Waals surface area (Å²) in [5.41, 5.74) is 2.46. The lowest BCUT2D eigenvalue weighted by Gasteiger charge is -2.03. The molecule has 1 saturated heterocycles. The zero-order valence-electron chi connectivity index (χ0n) is 12.7. The third-order valence-corrected chi connectivity index (χ3v) is 4.33. The Morgan fingerprint density at radius 2 is 2.27 bits per heavy atom. The maximum absolute atomic E-state index is 5.40. The fraction of sp³-hybridized carbons (Fsp3) is 0.412. The Labute approximate surface area is 128 Å². The van der Waals surface area contributed by atoms with E-state index in [2.05, 4.69) is 52.2 Å². The Kier molecular flexibility index (Phi) is 3.42. The van der Waals surface area contributed by atoms with Crippen molar-refractivity contribution in [3.05, 3.63) is 47.7 Å². The summed E-state index contributed by atoms with van der Waals surface area (Å²) in [6.07, 6.45) is 4.68. The lowest BCUT2D eigenvalue weighted by molar-refractivity contribution is 0.183. The summed E-state index contributed by atoms with van der Waals surface area (Å²) in [4.78, 5) is 4.55. The van der Waals surface area contributed by atoms with Gasteiger partial charge in [-0.25, -0.2) is 0 Å². The van der Waals surface area contributed by atoms with Gasteiger partial charge in [0.2, 0.25) is 5.89 Å². The van der Waals surface area contributed by atoms with Gasteiger partial charge in [-0.1, -0.05) is 23.4 Å². The highest BCUT2D eigenvalue weighted by Gasteiger charge is 2.19. The van der Waals surface area contributed by atoms with E-state index in [1.807, 2.05) is 0 Å². The molecule has 0 aliphatic carbocycles. The van der Waals surface area contributed by atoms with Crippen LogP contribution in [0.1, 0.15) is 23.7 Å². The molecule has 0 bridgehead atoms. The van der Waals surface area contributed by atoms with E-state index >= 15 is 0 Å². The molecule has 114 valence electrons. The highest BCUT2D eigenvalue weighted by atomic mass is 16.5. The van der Waals surface area contributed by atoms with Crippen LogP contribution >= 0.6 is 0 Å². The van der Waals surface area contributed by atoms with Gasteiger partial charge >= 0.3 is 0 Å². The van der Waals surface area contributed by atoms with Gasteiger partial charge in [-0.3, -0.25) is 0 Å². The monoisotopic (exact) mass is 297 g/mol. The average Bonchev–Trinajstić information content (AvgIpc) is 3.23. The highest BCUT2D eigenvalue weighted by molar-refractivity contribution is 5.83. The third-order valence-electron chi connectivity index (χ3n) is 4.33. The number of ether oxygens (including phenoxy) is 1. The van der Waals surface area contributed by atoms with Crippen LogP contribution in [-0.2, 0) is 24.6 Å². The quantitative estimate of drug-likeness (QED) is 0.743. The van der Waals surface area contributed by atoms with E-state index in [1.54, 1.807) is 0 Å². The van der Waals surface area contributed by atoms with E-state index in [0.717, 1.165) is 37.8 Å². The standard InChI is InChI=1S/C17H19N3O2/c1-20-7-5-13-3-2-4-14(17(13)20)10-15-18-16(22-19-15)9-12-6-8-21-11-12/h2-5,7,12H,6,8-11H2,1H3/t12-/m1/s1.